The van der Waals surface area contributed by atoms with Gasteiger partial charge >= 0.3 is 0 Å². The quantitative estimate of drug-likeness (QED) is 0.755. The molecular formula is C13H23NO2. The highest BCUT2D eigenvalue weighted by molar-refractivity contribution is 5.79. The Kier molecular flexibility index (Phi) is 4.22. The van der Waals surface area contributed by atoms with Gasteiger partial charge in [0.15, 0.2) is 0 Å². The molecule has 0 aromatic heterocycles. The summed E-state index contributed by atoms with van der Waals surface area (Å²) in [4.78, 5) is 12.0. The van der Waals surface area contributed by atoms with E-state index < -0.39 is 0 Å². The Morgan fingerprint density at radius 1 is 1.00 bits per heavy atom. The molecule has 92 valence electrons. The van der Waals surface area contributed by atoms with Crippen molar-refractivity contribution in [2.24, 2.45) is 5.92 Å². The second-order valence-electron chi connectivity index (χ2n) is 5.36. The smallest absolute Gasteiger partial charge is 0.223 e. The predicted molar refractivity (Wildman–Crippen MR) is 63.0 cm³/mol. The van der Waals surface area contributed by atoms with E-state index in [9.17, 15) is 9.90 Å². The van der Waals surface area contributed by atoms with Crippen LogP contribution in [0.2, 0.25) is 0 Å². The molecule has 2 atom stereocenters. The molecule has 2 rings (SSSR count). The zero-order chi connectivity index (χ0) is 11.4. The zero-order valence-electron chi connectivity index (χ0n) is 9.95. The molecule has 0 aliphatic heterocycles. The normalized spacial score (nSPS) is 32.3. The van der Waals surface area contributed by atoms with Crippen LogP contribution in [0.15, 0.2) is 0 Å². The molecule has 2 fully saturated rings. The van der Waals surface area contributed by atoms with Crippen LogP contribution in [0.3, 0.4) is 0 Å². The highest BCUT2D eigenvalue weighted by atomic mass is 16.3. The van der Waals surface area contributed by atoms with Crippen LogP contribution in [0.25, 0.3) is 0 Å². The molecule has 0 spiro atoms. The minimum atomic E-state index is -0.254. The molecule has 0 radical (unpaired) electrons. The standard InChI is InChI=1S/C13H23NO2/c15-12-8-4-5-10(9-12)13(16)14-11-6-2-1-3-7-11/h10-12,15H,1-9H2,(H,14,16). The van der Waals surface area contributed by atoms with Crippen LogP contribution in [-0.4, -0.2) is 23.2 Å². The molecule has 2 aliphatic rings. The molecule has 2 unspecified atom stereocenters. The number of hydrogen-bond donors (Lipinski definition) is 2. The topological polar surface area (TPSA) is 49.3 Å². The lowest BCUT2D eigenvalue weighted by atomic mass is 9.86. The third kappa shape index (κ3) is 3.21. The van der Waals surface area contributed by atoms with E-state index in [-0.39, 0.29) is 17.9 Å². The lowest BCUT2D eigenvalue weighted by Crippen LogP contribution is -2.41. The number of carbonyl (C=O) groups is 1. The molecular weight excluding hydrogens is 202 g/mol. The fourth-order valence-corrected chi connectivity index (χ4v) is 2.97. The number of carbonyl (C=O) groups excluding carboxylic acids is 1. The Morgan fingerprint density at radius 2 is 1.75 bits per heavy atom. The molecule has 3 heteroatoms. The Bertz CT molecular complexity index is 236. The van der Waals surface area contributed by atoms with Crippen LogP contribution in [0.4, 0.5) is 0 Å². The Hall–Kier alpha value is -0.570. The second-order valence-corrected chi connectivity index (χ2v) is 5.36. The summed E-state index contributed by atoms with van der Waals surface area (Å²) in [7, 11) is 0. The summed E-state index contributed by atoms with van der Waals surface area (Å²) in [5.74, 6) is 0.247. The zero-order valence-corrected chi connectivity index (χ0v) is 9.95. The molecule has 0 saturated heterocycles. The van der Waals surface area contributed by atoms with E-state index in [1.165, 1.54) is 19.3 Å². The van der Waals surface area contributed by atoms with Crippen molar-refractivity contribution in [1.29, 1.82) is 0 Å². The van der Waals surface area contributed by atoms with Crippen molar-refractivity contribution < 1.29 is 9.90 Å². The van der Waals surface area contributed by atoms with Crippen molar-refractivity contribution in [3.8, 4) is 0 Å². The van der Waals surface area contributed by atoms with Crippen molar-refractivity contribution in [2.75, 3.05) is 0 Å². The Labute approximate surface area is 97.6 Å². The van der Waals surface area contributed by atoms with E-state index in [1.807, 2.05) is 0 Å². The first kappa shape index (κ1) is 11.9. The minimum absolute atomic E-state index is 0.0608. The summed E-state index contributed by atoms with van der Waals surface area (Å²) in [5.41, 5.74) is 0. The van der Waals surface area contributed by atoms with Gasteiger partial charge in [0.05, 0.1) is 6.10 Å². The summed E-state index contributed by atoms with van der Waals surface area (Å²) in [5, 5.41) is 12.7. The lowest BCUT2D eigenvalue weighted by Gasteiger charge is -2.28. The molecule has 0 heterocycles. The van der Waals surface area contributed by atoms with Crippen molar-refractivity contribution in [2.45, 2.75) is 69.9 Å². The van der Waals surface area contributed by atoms with E-state index >= 15 is 0 Å². The van der Waals surface area contributed by atoms with Crippen LogP contribution in [0.5, 0.6) is 0 Å². The third-order valence-electron chi connectivity index (χ3n) is 3.97. The second kappa shape index (κ2) is 5.67. The summed E-state index contributed by atoms with van der Waals surface area (Å²) >= 11 is 0. The van der Waals surface area contributed by atoms with Gasteiger partial charge in [0.2, 0.25) is 5.91 Å². The Morgan fingerprint density at radius 3 is 2.44 bits per heavy atom. The van der Waals surface area contributed by atoms with Crippen LogP contribution in [-0.2, 0) is 4.79 Å². The Balaban J connectivity index is 1.77. The fourth-order valence-electron chi connectivity index (χ4n) is 2.97. The fraction of sp³-hybridized carbons (Fsp3) is 0.923. The molecule has 0 aromatic rings. The number of amides is 1. The van der Waals surface area contributed by atoms with E-state index in [2.05, 4.69) is 5.32 Å². The monoisotopic (exact) mass is 225 g/mol. The first-order valence-corrected chi connectivity index (χ1v) is 6.74. The van der Waals surface area contributed by atoms with Crippen LogP contribution in [0.1, 0.15) is 57.8 Å². The molecule has 0 aromatic carbocycles. The van der Waals surface area contributed by atoms with Gasteiger partial charge in [-0.2, -0.15) is 0 Å². The van der Waals surface area contributed by atoms with Gasteiger partial charge in [0, 0.05) is 12.0 Å². The number of nitrogens with one attached hydrogen (secondary N) is 1. The van der Waals surface area contributed by atoms with Gasteiger partial charge in [-0.1, -0.05) is 25.7 Å². The van der Waals surface area contributed by atoms with E-state index in [1.54, 1.807) is 0 Å². The number of hydrogen-bond acceptors (Lipinski definition) is 2. The van der Waals surface area contributed by atoms with Gasteiger partial charge in [0.1, 0.15) is 0 Å². The predicted octanol–water partition coefficient (Wildman–Crippen LogP) is 1.99. The van der Waals surface area contributed by atoms with Gasteiger partial charge < -0.3 is 10.4 Å². The number of rotatable bonds is 2. The van der Waals surface area contributed by atoms with E-state index in [4.69, 9.17) is 0 Å². The van der Waals surface area contributed by atoms with Gasteiger partial charge in [0.25, 0.3) is 0 Å². The molecule has 1 amide bonds. The SMILES string of the molecule is O=C(NC1CCCCC1)C1CCCC(O)C1. The van der Waals surface area contributed by atoms with Crippen LogP contribution >= 0.6 is 0 Å². The van der Waals surface area contributed by atoms with E-state index in [0.29, 0.717) is 12.5 Å². The van der Waals surface area contributed by atoms with E-state index in [0.717, 1.165) is 32.1 Å². The first-order valence-electron chi connectivity index (χ1n) is 6.74. The van der Waals surface area contributed by atoms with Crippen molar-refractivity contribution in [3.63, 3.8) is 0 Å². The largest absolute Gasteiger partial charge is 0.393 e. The van der Waals surface area contributed by atoms with Crippen LogP contribution < -0.4 is 5.32 Å². The van der Waals surface area contributed by atoms with Crippen LogP contribution in [0, 0.1) is 5.92 Å². The van der Waals surface area contributed by atoms with Gasteiger partial charge in [-0.05, 0) is 32.1 Å². The maximum atomic E-state index is 12.0. The van der Waals surface area contributed by atoms with Crippen molar-refractivity contribution in [3.05, 3.63) is 0 Å². The molecule has 16 heavy (non-hydrogen) atoms. The molecule has 2 saturated carbocycles. The average Bonchev–Trinajstić information content (AvgIpc) is 2.30. The summed E-state index contributed by atoms with van der Waals surface area (Å²) in [6.07, 6.45) is 9.31. The van der Waals surface area contributed by atoms with Gasteiger partial charge in [-0.25, -0.2) is 0 Å². The molecule has 3 nitrogen and oxygen atoms in total. The highest BCUT2D eigenvalue weighted by Crippen LogP contribution is 2.25. The summed E-state index contributed by atoms with van der Waals surface area (Å²) < 4.78 is 0. The molecule has 2 N–H and O–H groups in total. The maximum absolute atomic E-state index is 12.0. The minimum Gasteiger partial charge on any atom is -0.393 e. The maximum Gasteiger partial charge on any atom is 0.223 e. The van der Waals surface area contributed by atoms with Crippen molar-refractivity contribution >= 4 is 5.91 Å². The lowest BCUT2D eigenvalue weighted by molar-refractivity contribution is -0.128. The average molecular weight is 225 g/mol. The summed E-state index contributed by atoms with van der Waals surface area (Å²) in [6, 6.07) is 0.403. The third-order valence-corrected chi connectivity index (χ3v) is 3.97. The molecule has 2 aliphatic carbocycles. The van der Waals surface area contributed by atoms with Gasteiger partial charge in [-0.15, -0.1) is 0 Å². The van der Waals surface area contributed by atoms with Gasteiger partial charge in [-0.3, -0.25) is 4.79 Å². The van der Waals surface area contributed by atoms with Crippen molar-refractivity contribution in [1.82, 2.24) is 5.32 Å². The first-order chi connectivity index (χ1) is 7.75. The summed E-state index contributed by atoms with van der Waals surface area (Å²) in [6.45, 7) is 0. The number of aliphatic hydroxyl groups is 1. The highest BCUT2D eigenvalue weighted by Gasteiger charge is 2.27. The molecule has 0 bridgehead atoms. The number of aliphatic hydroxyl groups excluding tert-OH is 1.